The predicted molar refractivity (Wildman–Crippen MR) is 130 cm³/mol. The second-order valence-corrected chi connectivity index (χ2v) is 9.00. The Morgan fingerprint density at radius 1 is 1.06 bits per heavy atom. The zero-order valence-electron chi connectivity index (χ0n) is 18.8. The zero-order valence-corrected chi connectivity index (χ0v) is 19.6. The molecule has 0 N–H and O–H groups in total. The molecule has 0 atom stereocenters. The van der Waals surface area contributed by atoms with Crippen LogP contribution in [-0.4, -0.2) is 32.3 Å². The first-order chi connectivity index (χ1) is 16.2. The van der Waals surface area contributed by atoms with E-state index in [9.17, 15) is 4.79 Å². The van der Waals surface area contributed by atoms with Gasteiger partial charge in [0.25, 0.3) is 0 Å². The van der Waals surface area contributed by atoms with Gasteiger partial charge in [-0.15, -0.1) is 10.2 Å². The fraction of sp³-hybridized carbons (Fsp3) is 0.308. The molecule has 0 saturated heterocycles. The van der Waals surface area contributed by atoms with Crippen molar-refractivity contribution in [2.75, 3.05) is 6.61 Å². The van der Waals surface area contributed by atoms with Crippen LogP contribution >= 0.6 is 11.8 Å². The number of aromatic nitrogens is 4. The van der Waals surface area contributed by atoms with Gasteiger partial charge in [-0.2, -0.15) is 0 Å². The van der Waals surface area contributed by atoms with E-state index < -0.39 is 0 Å². The average Bonchev–Trinajstić information content (AvgIpc) is 3.61. The highest BCUT2D eigenvalue weighted by atomic mass is 32.2. The number of ether oxygens (including phenoxy) is 1. The predicted octanol–water partition coefficient (Wildman–Crippen LogP) is 5.86. The molecule has 2 heterocycles. The number of rotatable bonds is 8. The van der Waals surface area contributed by atoms with Crippen molar-refractivity contribution in [2.45, 2.75) is 50.1 Å². The van der Waals surface area contributed by atoms with Gasteiger partial charge in [-0.1, -0.05) is 60.3 Å². The van der Waals surface area contributed by atoms with Crippen molar-refractivity contribution >= 4 is 28.6 Å². The molecule has 0 bridgehead atoms. The molecule has 2 aromatic heterocycles. The number of thioether (sulfide) groups is 1. The molecule has 1 saturated carbocycles. The normalized spacial score (nSPS) is 13.4. The van der Waals surface area contributed by atoms with Crippen molar-refractivity contribution in [1.82, 2.24) is 19.7 Å². The van der Waals surface area contributed by atoms with Crippen LogP contribution in [0.15, 0.2) is 59.8 Å². The fourth-order valence-corrected chi connectivity index (χ4v) is 5.13. The van der Waals surface area contributed by atoms with Crippen molar-refractivity contribution in [2.24, 2.45) is 0 Å². The fourth-order valence-electron chi connectivity index (χ4n) is 4.18. The van der Waals surface area contributed by atoms with Crippen molar-refractivity contribution < 1.29 is 9.53 Å². The van der Waals surface area contributed by atoms with E-state index >= 15 is 0 Å². The third-order valence-corrected chi connectivity index (χ3v) is 6.83. The van der Waals surface area contributed by atoms with Gasteiger partial charge in [-0.25, -0.2) is 4.79 Å². The third kappa shape index (κ3) is 4.25. The van der Waals surface area contributed by atoms with E-state index in [2.05, 4.69) is 21.7 Å². The molecule has 2 aromatic carbocycles. The molecule has 5 rings (SSSR count). The molecule has 33 heavy (non-hydrogen) atoms. The van der Waals surface area contributed by atoms with Crippen LogP contribution in [-0.2, 0) is 17.0 Å². The third-order valence-electron chi connectivity index (χ3n) is 5.85. The van der Waals surface area contributed by atoms with Gasteiger partial charge in [0.05, 0.1) is 23.4 Å². The number of carbonyl (C=O) groups excluding carboxylic acids is 1. The van der Waals surface area contributed by atoms with Gasteiger partial charge in [-0.3, -0.25) is 4.98 Å². The van der Waals surface area contributed by atoms with Crippen LogP contribution in [0.5, 0.6) is 0 Å². The number of esters is 1. The van der Waals surface area contributed by atoms with E-state index in [0.29, 0.717) is 29.5 Å². The Labute approximate surface area is 197 Å². The highest BCUT2D eigenvalue weighted by Gasteiger charge is 2.30. The summed E-state index contributed by atoms with van der Waals surface area (Å²) in [6, 6.07) is 17.9. The van der Waals surface area contributed by atoms with E-state index in [-0.39, 0.29) is 5.97 Å². The number of nitrogens with zero attached hydrogens (tertiary/aromatic N) is 4. The van der Waals surface area contributed by atoms with E-state index in [1.165, 1.54) is 12.8 Å². The van der Waals surface area contributed by atoms with E-state index in [4.69, 9.17) is 9.72 Å². The molecular weight excluding hydrogens is 432 g/mol. The lowest BCUT2D eigenvalue weighted by molar-refractivity contribution is 0.0526. The molecule has 0 radical (unpaired) electrons. The summed E-state index contributed by atoms with van der Waals surface area (Å²) in [5, 5.41) is 10.7. The smallest absolute Gasteiger partial charge is 0.340 e. The largest absolute Gasteiger partial charge is 0.462 e. The summed E-state index contributed by atoms with van der Waals surface area (Å²) < 4.78 is 7.69. The highest BCUT2D eigenvalue weighted by molar-refractivity contribution is 7.98. The Hall–Kier alpha value is -3.19. The second-order valence-electron chi connectivity index (χ2n) is 8.06. The molecule has 0 spiro atoms. The van der Waals surface area contributed by atoms with Gasteiger partial charge < -0.3 is 9.30 Å². The topological polar surface area (TPSA) is 69.9 Å². The Kier molecular flexibility index (Phi) is 6.13. The van der Waals surface area contributed by atoms with Gasteiger partial charge in [-0.05, 0) is 38.3 Å². The molecule has 1 aliphatic rings. The Balaban J connectivity index is 1.62. The Morgan fingerprint density at radius 3 is 2.55 bits per heavy atom. The lowest BCUT2D eigenvalue weighted by Crippen LogP contribution is -2.12. The first-order valence-electron chi connectivity index (χ1n) is 11.4. The molecule has 7 heteroatoms. The minimum absolute atomic E-state index is 0.307. The first kappa shape index (κ1) is 21.6. The van der Waals surface area contributed by atoms with Crippen LogP contribution in [0.3, 0.4) is 0 Å². The number of fused-ring (bicyclic) bond motifs is 1. The van der Waals surface area contributed by atoms with Crippen molar-refractivity contribution in [3.05, 3.63) is 71.7 Å². The standard InChI is InChI=1S/C26H26N4O2S/c1-3-30-24(18-14-15-18)28-29-26(30)33-16-21-23(25(31)32-4-2)22(17-10-6-5-7-11-17)19-12-8-9-13-20(19)27-21/h5-13,18H,3-4,14-16H2,1-2H3. The number of pyridine rings is 1. The molecule has 0 aliphatic heterocycles. The summed E-state index contributed by atoms with van der Waals surface area (Å²) in [6.07, 6.45) is 2.37. The van der Waals surface area contributed by atoms with Crippen molar-refractivity contribution in [1.29, 1.82) is 0 Å². The SMILES string of the molecule is CCOC(=O)c1c(CSc2nnc(C3CC3)n2CC)nc2ccccc2c1-c1ccccc1. The molecule has 4 aromatic rings. The second kappa shape index (κ2) is 9.35. The molecular formula is C26H26N4O2S. The molecule has 1 aliphatic carbocycles. The Morgan fingerprint density at radius 2 is 1.82 bits per heavy atom. The van der Waals surface area contributed by atoms with Crippen molar-refractivity contribution in [3.63, 3.8) is 0 Å². The van der Waals surface area contributed by atoms with Crippen LogP contribution in [0.25, 0.3) is 22.0 Å². The molecule has 0 unspecified atom stereocenters. The average molecular weight is 459 g/mol. The first-order valence-corrected chi connectivity index (χ1v) is 12.4. The maximum atomic E-state index is 13.2. The van der Waals surface area contributed by atoms with Crippen LogP contribution < -0.4 is 0 Å². The molecule has 168 valence electrons. The van der Waals surface area contributed by atoms with Crippen LogP contribution in [0, 0.1) is 0 Å². The van der Waals surface area contributed by atoms with Gasteiger partial charge >= 0.3 is 5.97 Å². The van der Waals surface area contributed by atoms with Gasteiger partial charge in [0.15, 0.2) is 5.16 Å². The minimum atomic E-state index is -0.346. The Bertz CT molecular complexity index is 1300. The minimum Gasteiger partial charge on any atom is -0.462 e. The lowest BCUT2D eigenvalue weighted by Gasteiger charge is -2.16. The number of benzene rings is 2. The van der Waals surface area contributed by atoms with Crippen LogP contribution in [0.1, 0.15) is 54.5 Å². The van der Waals surface area contributed by atoms with Gasteiger partial charge in [0.1, 0.15) is 5.82 Å². The summed E-state index contributed by atoms with van der Waals surface area (Å²) in [7, 11) is 0. The maximum absolute atomic E-state index is 13.2. The number of hydrogen-bond acceptors (Lipinski definition) is 6. The summed E-state index contributed by atoms with van der Waals surface area (Å²) in [6.45, 7) is 5.07. The van der Waals surface area contributed by atoms with Crippen LogP contribution in [0.4, 0.5) is 0 Å². The quantitative estimate of drug-likeness (QED) is 0.243. The monoisotopic (exact) mass is 458 g/mol. The summed E-state index contributed by atoms with van der Waals surface area (Å²) >= 11 is 1.57. The summed E-state index contributed by atoms with van der Waals surface area (Å²) in [4.78, 5) is 18.1. The highest BCUT2D eigenvalue weighted by Crippen LogP contribution is 2.41. The zero-order chi connectivity index (χ0) is 22.8. The molecule has 0 amide bonds. The molecule has 6 nitrogen and oxygen atoms in total. The molecule has 1 fully saturated rings. The van der Waals surface area contributed by atoms with E-state index in [0.717, 1.165) is 39.6 Å². The van der Waals surface area contributed by atoms with Crippen LogP contribution in [0.2, 0.25) is 0 Å². The van der Waals surface area contributed by atoms with Gasteiger partial charge in [0, 0.05) is 29.2 Å². The van der Waals surface area contributed by atoms with Gasteiger partial charge in [0.2, 0.25) is 0 Å². The number of carbonyl (C=O) groups is 1. The maximum Gasteiger partial charge on any atom is 0.340 e. The number of para-hydroxylation sites is 1. The van der Waals surface area contributed by atoms with E-state index in [1.54, 1.807) is 11.8 Å². The van der Waals surface area contributed by atoms with E-state index in [1.807, 2.05) is 61.5 Å². The summed E-state index contributed by atoms with van der Waals surface area (Å²) in [5.74, 6) is 1.76. The van der Waals surface area contributed by atoms with Crippen molar-refractivity contribution in [3.8, 4) is 11.1 Å². The summed E-state index contributed by atoms with van der Waals surface area (Å²) in [5.41, 5.74) is 3.92. The lowest BCUT2D eigenvalue weighted by atomic mass is 9.94. The number of hydrogen-bond donors (Lipinski definition) is 0.